The molecule has 0 radical (unpaired) electrons. The van der Waals surface area contributed by atoms with Gasteiger partial charge < -0.3 is 10.6 Å². The Morgan fingerprint density at radius 3 is 2.86 bits per heavy atom. The van der Waals surface area contributed by atoms with E-state index in [0.29, 0.717) is 31.8 Å². The molecule has 2 aliphatic heterocycles. The largest absolute Gasteiger partial charge is 0.355 e. The van der Waals surface area contributed by atoms with E-state index in [1.165, 1.54) is 4.31 Å². The van der Waals surface area contributed by atoms with E-state index in [1.807, 2.05) is 6.92 Å². The van der Waals surface area contributed by atoms with Gasteiger partial charge in [0.25, 0.3) is 0 Å². The van der Waals surface area contributed by atoms with Crippen LogP contribution in [0.5, 0.6) is 0 Å². The van der Waals surface area contributed by atoms with Crippen LogP contribution in [-0.2, 0) is 14.8 Å². The number of rotatable bonds is 8. The SMILES string of the molecule is CCCCS(=O)(=O)N1CCCC1C(=O)NCCC1CCNC1. The van der Waals surface area contributed by atoms with Crippen molar-refractivity contribution in [3.05, 3.63) is 0 Å². The fraction of sp³-hybridized carbons (Fsp3) is 0.933. The van der Waals surface area contributed by atoms with Crippen LogP contribution in [0.25, 0.3) is 0 Å². The summed E-state index contributed by atoms with van der Waals surface area (Å²) in [6.45, 7) is 5.18. The summed E-state index contributed by atoms with van der Waals surface area (Å²) < 4.78 is 26.1. The molecular weight excluding hydrogens is 302 g/mol. The van der Waals surface area contributed by atoms with Crippen LogP contribution < -0.4 is 10.6 Å². The summed E-state index contributed by atoms with van der Waals surface area (Å²) in [6, 6.07) is -0.497. The standard InChI is InChI=1S/C15H29N3O3S/c1-2-3-11-22(20,21)18-10-4-5-14(18)15(19)17-9-7-13-6-8-16-12-13/h13-14,16H,2-12H2,1H3,(H,17,19). The molecule has 1 amide bonds. The van der Waals surface area contributed by atoms with Crippen molar-refractivity contribution in [2.24, 2.45) is 5.92 Å². The Balaban J connectivity index is 1.82. The fourth-order valence-corrected chi connectivity index (χ4v) is 5.14. The molecule has 0 aliphatic carbocycles. The molecule has 2 rings (SSSR count). The van der Waals surface area contributed by atoms with Crippen LogP contribution in [-0.4, -0.2) is 56.6 Å². The third kappa shape index (κ3) is 4.67. The van der Waals surface area contributed by atoms with Gasteiger partial charge in [0.15, 0.2) is 0 Å². The molecule has 0 aromatic heterocycles. The Bertz CT molecular complexity index is 461. The predicted octanol–water partition coefficient (Wildman–Crippen LogP) is 0.697. The number of nitrogens with one attached hydrogen (secondary N) is 2. The van der Waals surface area contributed by atoms with Crippen molar-refractivity contribution >= 4 is 15.9 Å². The highest BCUT2D eigenvalue weighted by Gasteiger charge is 2.37. The molecule has 7 heteroatoms. The fourth-order valence-electron chi connectivity index (χ4n) is 3.26. The Kier molecular flexibility index (Phi) is 6.65. The van der Waals surface area contributed by atoms with Crippen molar-refractivity contribution in [1.29, 1.82) is 0 Å². The highest BCUT2D eigenvalue weighted by molar-refractivity contribution is 7.89. The lowest BCUT2D eigenvalue weighted by molar-refractivity contribution is -0.124. The molecule has 2 saturated heterocycles. The van der Waals surface area contributed by atoms with Gasteiger partial charge in [0, 0.05) is 13.1 Å². The minimum Gasteiger partial charge on any atom is -0.355 e. The predicted molar refractivity (Wildman–Crippen MR) is 87.0 cm³/mol. The minimum absolute atomic E-state index is 0.122. The average molecular weight is 331 g/mol. The van der Waals surface area contributed by atoms with Crippen LogP contribution in [0.4, 0.5) is 0 Å². The van der Waals surface area contributed by atoms with E-state index < -0.39 is 16.1 Å². The van der Waals surface area contributed by atoms with Gasteiger partial charge in [-0.3, -0.25) is 4.79 Å². The zero-order chi connectivity index (χ0) is 16.0. The van der Waals surface area contributed by atoms with E-state index in [-0.39, 0.29) is 11.7 Å². The first-order valence-corrected chi connectivity index (χ1v) is 10.1. The number of nitrogens with zero attached hydrogens (tertiary/aromatic N) is 1. The highest BCUT2D eigenvalue weighted by atomic mass is 32.2. The first kappa shape index (κ1) is 17.7. The molecule has 2 N–H and O–H groups in total. The maximum atomic E-state index is 12.3. The molecule has 2 atom stereocenters. The summed E-state index contributed by atoms with van der Waals surface area (Å²) in [5, 5.41) is 6.25. The van der Waals surface area contributed by atoms with Crippen molar-refractivity contribution in [3.8, 4) is 0 Å². The second kappa shape index (κ2) is 8.26. The molecule has 0 saturated carbocycles. The molecule has 0 bridgehead atoms. The molecule has 2 aliphatic rings. The molecule has 2 unspecified atom stereocenters. The van der Waals surface area contributed by atoms with Crippen LogP contribution in [0.2, 0.25) is 0 Å². The first-order chi connectivity index (χ1) is 10.5. The smallest absolute Gasteiger partial charge is 0.238 e. The van der Waals surface area contributed by atoms with Crippen LogP contribution >= 0.6 is 0 Å². The lowest BCUT2D eigenvalue weighted by Gasteiger charge is -2.23. The summed E-state index contributed by atoms with van der Waals surface area (Å²) in [5.41, 5.74) is 0. The topological polar surface area (TPSA) is 78.5 Å². The zero-order valence-electron chi connectivity index (χ0n) is 13.5. The van der Waals surface area contributed by atoms with Crippen molar-refractivity contribution < 1.29 is 13.2 Å². The first-order valence-electron chi connectivity index (χ1n) is 8.52. The Morgan fingerprint density at radius 1 is 1.36 bits per heavy atom. The van der Waals surface area contributed by atoms with E-state index in [4.69, 9.17) is 0 Å². The molecule has 2 heterocycles. The number of hydrogen-bond donors (Lipinski definition) is 2. The maximum Gasteiger partial charge on any atom is 0.238 e. The van der Waals surface area contributed by atoms with Crippen LogP contribution in [0, 0.1) is 5.92 Å². The van der Waals surface area contributed by atoms with Gasteiger partial charge in [0.2, 0.25) is 15.9 Å². The lowest BCUT2D eigenvalue weighted by atomic mass is 10.1. The van der Waals surface area contributed by atoms with Gasteiger partial charge in [-0.15, -0.1) is 0 Å². The Hall–Kier alpha value is -0.660. The number of carbonyl (C=O) groups excluding carboxylic acids is 1. The van der Waals surface area contributed by atoms with Crippen molar-refractivity contribution in [2.75, 3.05) is 31.9 Å². The van der Waals surface area contributed by atoms with Gasteiger partial charge in [0.1, 0.15) is 6.04 Å². The van der Waals surface area contributed by atoms with Crippen molar-refractivity contribution in [1.82, 2.24) is 14.9 Å². The number of unbranched alkanes of at least 4 members (excludes halogenated alkanes) is 1. The summed E-state index contributed by atoms with van der Waals surface area (Å²) >= 11 is 0. The zero-order valence-corrected chi connectivity index (χ0v) is 14.3. The molecule has 0 aromatic rings. The van der Waals surface area contributed by atoms with E-state index >= 15 is 0 Å². The number of amides is 1. The third-order valence-electron chi connectivity index (χ3n) is 4.63. The van der Waals surface area contributed by atoms with E-state index in [0.717, 1.165) is 38.8 Å². The van der Waals surface area contributed by atoms with Crippen LogP contribution in [0.15, 0.2) is 0 Å². The lowest BCUT2D eigenvalue weighted by Crippen LogP contribution is -2.46. The number of carbonyl (C=O) groups is 1. The normalized spacial score (nSPS) is 26.4. The van der Waals surface area contributed by atoms with Gasteiger partial charge in [-0.2, -0.15) is 4.31 Å². The highest BCUT2D eigenvalue weighted by Crippen LogP contribution is 2.22. The van der Waals surface area contributed by atoms with Crippen LogP contribution in [0.3, 0.4) is 0 Å². The monoisotopic (exact) mass is 331 g/mol. The van der Waals surface area contributed by atoms with Crippen molar-refractivity contribution in [2.45, 2.75) is 51.5 Å². The van der Waals surface area contributed by atoms with Gasteiger partial charge in [-0.25, -0.2) is 8.42 Å². The Labute approximate surface area is 134 Å². The van der Waals surface area contributed by atoms with Gasteiger partial charge in [-0.1, -0.05) is 13.3 Å². The van der Waals surface area contributed by atoms with Gasteiger partial charge >= 0.3 is 0 Å². The number of sulfonamides is 1. The third-order valence-corrected chi connectivity index (χ3v) is 6.59. The minimum atomic E-state index is -3.29. The second-order valence-electron chi connectivity index (χ2n) is 6.38. The molecule has 22 heavy (non-hydrogen) atoms. The molecule has 128 valence electrons. The van der Waals surface area contributed by atoms with Crippen LogP contribution in [0.1, 0.15) is 45.4 Å². The quantitative estimate of drug-likeness (QED) is 0.686. The van der Waals surface area contributed by atoms with Gasteiger partial charge in [-0.05, 0) is 51.1 Å². The Morgan fingerprint density at radius 2 is 2.18 bits per heavy atom. The molecule has 6 nitrogen and oxygen atoms in total. The van der Waals surface area contributed by atoms with E-state index in [2.05, 4.69) is 10.6 Å². The summed E-state index contributed by atoms with van der Waals surface area (Å²) in [5.74, 6) is 0.665. The molecule has 2 fully saturated rings. The van der Waals surface area contributed by atoms with Gasteiger partial charge in [0.05, 0.1) is 5.75 Å². The maximum absolute atomic E-state index is 12.3. The second-order valence-corrected chi connectivity index (χ2v) is 8.42. The molecule has 0 spiro atoms. The molecular formula is C15H29N3O3S. The molecule has 0 aromatic carbocycles. The van der Waals surface area contributed by atoms with Crippen molar-refractivity contribution in [3.63, 3.8) is 0 Å². The van der Waals surface area contributed by atoms with E-state index in [1.54, 1.807) is 0 Å². The average Bonchev–Trinajstić information content (AvgIpc) is 3.16. The summed E-state index contributed by atoms with van der Waals surface area (Å²) in [6.07, 6.45) is 5.05. The summed E-state index contributed by atoms with van der Waals surface area (Å²) in [7, 11) is -3.29. The van der Waals surface area contributed by atoms with E-state index in [9.17, 15) is 13.2 Å². The summed E-state index contributed by atoms with van der Waals surface area (Å²) in [4.78, 5) is 12.3. The number of hydrogen-bond acceptors (Lipinski definition) is 4.